The molecule has 0 aromatic heterocycles. The Balaban J connectivity index is 2.38. The first-order chi connectivity index (χ1) is 6.97. The van der Waals surface area contributed by atoms with Gasteiger partial charge in [0.05, 0.1) is 0 Å². The summed E-state index contributed by atoms with van der Waals surface area (Å²) < 4.78 is 0. The Bertz CT molecular complexity index is 369. The van der Waals surface area contributed by atoms with Crippen LogP contribution >= 0.6 is 0 Å². The van der Waals surface area contributed by atoms with Crippen molar-refractivity contribution in [1.29, 1.82) is 0 Å². The van der Waals surface area contributed by atoms with Crippen LogP contribution in [0.2, 0.25) is 0 Å². The van der Waals surface area contributed by atoms with Gasteiger partial charge in [0.15, 0.2) is 0 Å². The maximum Gasteiger partial charge on any atom is -0.0184 e. The van der Waals surface area contributed by atoms with Crippen LogP contribution in [0.1, 0.15) is 0 Å². The van der Waals surface area contributed by atoms with Crippen molar-refractivity contribution in [3.8, 4) is 0 Å². The fraction of sp³-hybridized carbons (Fsp3) is 0. The average molecular weight is 180 g/mol. The molecular weight excluding hydrogens is 168 g/mol. The molecule has 2 rings (SSSR count). The van der Waals surface area contributed by atoms with Gasteiger partial charge in [-0.15, -0.1) is 0 Å². The molecule has 0 N–H and O–H groups in total. The van der Waals surface area contributed by atoms with Gasteiger partial charge in [0.2, 0.25) is 0 Å². The molecule has 0 amide bonds. The van der Waals surface area contributed by atoms with Crippen molar-refractivity contribution >= 4 is 0 Å². The standard InChI is InChI=1S/C14H12/c1-2-4-6-10-13(9-5-3-1)14-11-7-8-12-14/h1-12H/b3-1-,4-2-,9-5-,10-6-. The molecule has 0 aliphatic heterocycles. The molecule has 2 aliphatic carbocycles. The number of allylic oxidation sites excluding steroid dienone is 14. The molecule has 0 aromatic carbocycles. The summed E-state index contributed by atoms with van der Waals surface area (Å²) in [5, 5.41) is 0. The lowest BCUT2D eigenvalue weighted by Crippen LogP contribution is -1.77. The quantitative estimate of drug-likeness (QED) is 0.534. The Labute approximate surface area is 84.6 Å². The lowest BCUT2D eigenvalue weighted by molar-refractivity contribution is 1.59. The Hall–Kier alpha value is -1.82. The number of hydrogen-bond acceptors (Lipinski definition) is 0. The monoisotopic (exact) mass is 180 g/mol. The van der Waals surface area contributed by atoms with E-state index in [9.17, 15) is 0 Å². The van der Waals surface area contributed by atoms with Crippen LogP contribution < -0.4 is 0 Å². The first kappa shape index (κ1) is 8.76. The van der Waals surface area contributed by atoms with E-state index in [0.717, 1.165) is 0 Å². The largest absolute Gasteiger partial charge is 0.0623 e. The zero-order chi connectivity index (χ0) is 9.64. The van der Waals surface area contributed by atoms with Gasteiger partial charge < -0.3 is 0 Å². The van der Waals surface area contributed by atoms with Crippen LogP contribution in [0.3, 0.4) is 0 Å². The predicted molar refractivity (Wildman–Crippen MR) is 61.9 cm³/mol. The van der Waals surface area contributed by atoms with E-state index >= 15 is 0 Å². The molecule has 0 atom stereocenters. The van der Waals surface area contributed by atoms with Crippen LogP contribution in [0, 0.1) is 0 Å². The molecular formula is C14H12. The van der Waals surface area contributed by atoms with E-state index < -0.39 is 0 Å². The van der Waals surface area contributed by atoms with Crippen LogP contribution in [0.15, 0.2) is 84.1 Å². The smallest absolute Gasteiger partial charge is 0.0184 e. The maximum absolute atomic E-state index is 2.12. The van der Waals surface area contributed by atoms with Gasteiger partial charge in [0, 0.05) is 0 Å². The van der Waals surface area contributed by atoms with Crippen LogP contribution in [0.5, 0.6) is 0 Å². The lowest BCUT2D eigenvalue weighted by Gasteiger charge is -1.96. The molecule has 0 fully saturated rings. The van der Waals surface area contributed by atoms with Crippen LogP contribution in [-0.2, 0) is 0 Å². The van der Waals surface area contributed by atoms with Gasteiger partial charge in [-0.3, -0.25) is 0 Å². The fourth-order valence-electron chi connectivity index (χ4n) is 1.39. The van der Waals surface area contributed by atoms with Gasteiger partial charge in [-0.05, 0) is 11.1 Å². The van der Waals surface area contributed by atoms with Crippen molar-refractivity contribution in [2.24, 2.45) is 0 Å². The third kappa shape index (κ3) is 2.11. The van der Waals surface area contributed by atoms with Crippen molar-refractivity contribution in [2.45, 2.75) is 0 Å². The van der Waals surface area contributed by atoms with Crippen LogP contribution in [0.4, 0.5) is 0 Å². The Morgan fingerprint density at radius 1 is 0.357 bits per heavy atom. The Morgan fingerprint density at radius 3 is 1.07 bits per heavy atom. The number of rotatable bonds is 0. The second-order valence-corrected chi connectivity index (χ2v) is 3.12. The maximum atomic E-state index is 2.12. The van der Waals surface area contributed by atoms with E-state index in [0.29, 0.717) is 0 Å². The van der Waals surface area contributed by atoms with Gasteiger partial charge in [0.1, 0.15) is 0 Å². The van der Waals surface area contributed by atoms with Gasteiger partial charge in [0.25, 0.3) is 0 Å². The summed E-state index contributed by atoms with van der Waals surface area (Å²) in [5.41, 5.74) is 2.51. The SMILES string of the molecule is C1=CC(=C2\C=C/C=C\C=C/C=C\2)C=C1. The first-order valence-corrected chi connectivity index (χ1v) is 4.74. The summed E-state index contributed by atoms with van der Waals surface area (Å²) in [6.07, 6.45) is 24.8. The van der Waals surface area contributed by atoms with E-state index in [-0.39, 0.29) is 0 Å². The molecule has 0 unspecified atom stereocenters. The van der Waals surface area contributed by atoms with E-state index in [2.05, 4.69) is 48.6 Å². The zero-order valence-corrected chi connectivity index (χ0v) is 7.93. The molecule has 0 bridgehead atoms. The van der Waals surface area contributed by atoms with E-state index in [1.807, 2.05) is 24.3 Å². The molecule has 0 spiro atoms. The second-order valence-electron chi connectivity index (χ2n) is 3.12. The van der Waals surface area contributed by atoms with Crippen molar-refractivity contribution in [3.63, 3.8) is 0 Å². The van der Waals surface area contributed by atoms with Crippen LogP contribution in [0.25, 0.3) is 0 Å². The summed E-state index contributed by atoms with van der Waals surface area (Å²) in [4.78, 5) is 0. The second kappa shape index (κ2) is 4.43. The van der Waals surface area contributed by atoms with Crippen molar-refractivity contribution in [1.82, 2.24) is 0 Å². The minimum atomic E-state index is 1.24. The highest BCUT2D eigenvalue weighted by molar-refractivity contribution is 5.52. The molecule has 0 nitrogen and oxygen atoms in total. The molecule has 0 heterocycles. The summed E-state index contributed by atoms with van der Waals surface area (Å²) in [6, 6.07) is 0. The van der Waals surface area contributed by atoms with Crippen LogP contribution in [-0.4, -0.2) is 0 Å². The lowest BCUT2D eigenvalue weighted by atomic mass is 10.1. The minimum Gasteiger partial charge on any atom is -0.0623 e. The average Bonchev–Trinajstić information content (AvgIpc) is 2.75. The summed E-state index contributed by atoms with van der Waals surface area (Å²) in [5.74, 6) is 0. The molecule has 2 aliphatic rings. The zero-order valence-electron chi connectivity index (χ0n) is 7.93. The normalized spacial score (nSPS) is 28.0. The third-order valence-electron chi connectivity index (χ3n) is 2.10. The molecule has 0 radical (unpaired) electrons. The van der Waals surface area contributed by atoms with Crippen molar-refractivity contribution in [2.75, 3.05) is 0 Å². The van der Waals surface area contributed by atoms with Gasteiger partial charge in [-0.2, -0.15) is 0 Å². The molecule has 0 aromatic rings. The first-order valence-electron chi connectivity index (χ1n) is 4.74. The summed E-state index contributed by atoms with van der Waals surface area (Å²) in [7, 11) is 0. The van der Waals surface area contributed by atoms with Gasteiger partial charge in [-0.25, -0.2) is 0 Å². The van der Waals surface area contributed by atoms with E-state index in [1.165, 1.54) is 11.1 Å². The number of hydrogen-bond donors (Lipinski definition) is 0. The van der Waals surface area contributed by atoms with Gasteiger partial charge >= 0.3 is 0 Å². The van der Waals surface area contributed by atoms with E-state index in [1.54, 1.807) is 0 Å². The molecule has 0 saturated heterocycles. The highest BCUT2D eigenvalue weighted by Gasteiger charge is 1.96. The Kier molecular flexibility index (Phi) is 2.77. The molecule has 0 heteroatoms. The molecule has 0 saturated carbocycles. The van der Waals surface area contributed by atoms with E-state index in [4.69, 9.17) is 0 Å². The molecule has 68 valence electrons. The minimum absolute atomic E-state index is 1.24. The highest BCUT2D eigenvalue weighted by atomic mass is 14.0. The van der Waals surface area contributed by atoms with Gasteiger partial charge in [-0.1, -0.05) is 72.9 Å². The van der Waals surface area contributed by atoms with Crippen molar-refractivity contribution in [3.05, 3.63) is 84.1 Å². The Morgan fingerprint density at radius 2 is 0.643 bits per heavy atom. The predicted octanol–water partition coefficient (Wildman–Crippen LogP) is 3.65. The highest BCUT2D eigenvalue weighted by Crippen LogP contribution is 2.16. The third-order valence-corrected chi connectivity index (χ3v) is 2.10. The fourth-order valence-corrected chi connectivity index (χ4v) is 1.39. The topological polar surface area (TPSA) is 0 Å². The van der Waals surface area contributed by atoms with Crippen molar-refractivity contribution < 1.29 is 0 Å². The summed E-state index contributed by atoms with van der Waals surface area (Å²) >= 11 is 0. The summed E-state index contributed by atoms with van der Waals surface area (Å²) in [6.45, 7) is 0. The molecule has 14 heavy (non-hydrogen) atoms.